The highest BCUT2D eigenvalue weighted by Crippen LogP contribution is 2.39. The van der Waals surface area contributed by atoms with E-state index in [4.69, 9.17) is 11.6 Å². The van der Waals surface area contributed by atoms with E-state index in [-0.39, 0.29) is 5.91 Å². The Bertz CT molecular complexity index is 708. The molecule has 1 unspecified atom stereocenters. The summed E-state index contributed by atoms with van der Waals surface area (Å²) < 4.78 is 1.95. The highest BCUT2D eigenvalue weighted by Gasteiger charge is 2.32. The first-order chi connectivity index (χ1) is 9.56. The second-order valence-corrected chi connectivity index (χ2v) is 6.90. The number of nitrogens with one attached hydrogen (secondary N) is 2. The highest BCUT2D eigenvalue weighted by atomic mass is 127. The maximum Gasteiger partial charge on any atom is 0.251 e. The van der Waals surface area contributed by atoms with Crippen LogP contribution >= 0.6 is 50.1 Å². The van der Waals surface area contributed by atoms with Crippen LogP contribution < -0.4 is 10.6 Å². The number of halogens is 3. The average molecular weight is 464 g/mol. The molecule has 2 N–H and O–H groups in total. The lowest BCUT2D eigenvalue weighted by Gasteiger charge is -2.15. The standard InChI is InChI=1S/C14H9BrClIN2O/c15-8-2-1-3-11-12(8)13(14(20)19-11)18-10-5-4-7(17)6-9(10)16/h1-6,13,18H,(H,19,20). The van der Waals surface area contributed by atoms with Gasteiger partial charge in [-0.3, -0.25) is 4.79 Å². The minimum atomic E-state index is -0.446. The van der Waals surface area contributed by atoms with Gasteiger partial charge in [0.05, 0.1) is 10.7 Å². The third-order valence-electron chi connectivity index (χ3n) is 3.09. The Morgan fingerprint density at radius 3 is 2.85 bits per heavy atom. The molecule has 20 heavy (non-hydrogen) atoms. The molecule has 0 radical (unpaired) electrons. The molecule has 2 aromatic rings. The number of rotatable bonds is 2. The van der Waals surface area contributed by atoms with Crippen LogP contribution in [0.5, 0.6) is 0 Å². The maximum atomic E-state index is 12.1. The normalized spacial score (nSPS) is 16.8. The first-order valence-corrected chi connectivity index (χ1v) is 8.12. The zero-order valence-corrected chi connectivity index (χ0v) is 14.6. The Morgan fingerprint density at radius 1 is 1.30 bits per heavy atom. The van der Waals surface area contributed by atoms with E-state index in [1.165, 1.54) is 0 Å². The van der Waals surface area contributed by atoms with Crippen LogP contribution in [0.3, 0.4) is 0 Å². The van der Waals surface area contributed by atoms with E-state index in [1.54, 1.807) is 0 Å². The fourth-order valence-corrected chi connectivity index (χ4v) is 3.68. The van der Waals surface area contributed by atoms with Crippen LogP contribution in [0.1, 0.15) is 11.6 Å². The van der Waals surface area contributed by atoms with E-state index in [1.807, 2.05) is 36.4 Å². The zero-order chi connectivity index (χ0) is 14.3. The highest BCUT2D eigenvalue weighted by molar-refractivity contribution is 14.1. The molecular formula is C14H9BrClIN2O. The van der Waals surface area contributed by atoms with Crippen LogP contribution in [-0.4, -0.2) is 5.91 Å². The van der Waals surface area contributed by atoms with Gasteiger partial charge < -0.3 is 10.6 Å². The smallest absolute Gasteiger partial charge is 0.251 e. The van der Waals surface area contributed by atoms with Crippen LogP contribution in [0, 0.1) is 3.57 Å². The van der Waals surface area contributed by atoms with Crippen molar-refractivity contribution in [1.29, 1.82) is 0 Å². The first kappa shape index (κ1) is 14.2. The predicted molar refractivity (Wildman–Crippen MR) is 93.3 cm³/mol. The van der Waals surface area contributed by atoms with Gasteiger partial charge in [-0.15, -0.1) is 0 Å². The number of carbonyl (C=O) groups is 1. The van der Waals surface area contributed by atoms with E-state index < -0.39 is 6.04 Å². The molecule has 1 atom stereocenters. The predicted octanol–water partition coefficient (Wildman–Crippen LogP) is 4.81. The number of anilines is 2. The van der Waals surface area contributed by atoms with Crippen molar-refractivity contribution in [3.8, 4) is 0 Å². The van der Waals surface area contributed by atoms with Crippen LogP contribution in [0.15, 0.2) is 40.9 Å². The van der Waals surface area contributed by atoms with E-state index in [0.29, 0.717) is 5.02 Å². The van der Waals surface area contributed by atoms with Gasteiger partial charge in [-0.2, -0.15) is 0 Å². The molecule has 0 spiro atoms. The lowest BCUT2D eigenvalue weighted by atomic mass is 10.1. The second kappa shape index (κ2) is 5.54. The van der Waals surface area contributed by atoms with Crippen LogP contribution in [0.4, 0.5) is 11.4 Å². The number of amides is 1. The fraction of sp³-hybridized carbons (Fsp3) is 0.0714. The molecule has 102 valence electrons. The lowest BCUT2D eigenvalue weighted by Crippen LogP contribution is -2.20. The molecular weight excluding hydrogens is 454 g/mol. The minimum absolute atomic E-state index is 0.0819. The summed E-state index contributed by atoms with van der Waals surface area (Å²) in [4.78, 5) is 12.1. The zero-order valence-electron chi connectivity index (χ0n) is 10.1. The lowest BCUT2D eigenvalue weighted by molar-refractivity contribution is -0.116. The topological polar surface area (TPSA) is 41.1 Å². The average Bonchev–Trinajstić information content (AvgIpc) is 2.70. The van der Waals surface area contributed by atoms with Crippen LogP contribution in [0.2, 0.25) is 5.02 Å². The van der Waals surface area contributed by atoms with E-state index in [2.05, 4.69) is 49.2 Å². The number of hydrogen-bond donors (Lipinski definition) is 2. The fourth-order valence-electron chi connectivity index (χ4n) is 2.18. The molecule has 1 aliphatic heterocycles. The summed E-state index contributed by atoms with van der Waals surface area (Å²) in [5.41, 5.74) is 2.48. The molecule has 3 nitrogen and oxygen atoms in total. The van der Waals surface area contributed by atoms with Gasteiger partial charge in [0.1, 0.15) is 6.04 Å². The van der Waals surface area contributed by atoms with E-state index in [0.717, 1.165) is 25.0 Å². The maximum absolute atomic E-state index is 12.1. The molecule has 0 aliphatic carbocycles. The molecule has 0 aromatic heterocycles. The Morgan fingerprint density at radius 2 is 2.10 bits per heavy atom. The molecule has 3 rings (SSSR count). The van der Waals surface area contributed by atoms with Crippen molar-refractivity contribution in [2.24, 2.45) is 0 Å². The quantitative estimate of drug-likeness (QED) is 0.628. The van der Waals surface area contributed by atoms with Crippen molar-refractivity contribution in [3.63, 3.8) is 0 Å². The van der Waals surface area contributed by atoms with Crippen molar-refractivity contribution in [1.82, 2.24) is 0 Å². The largest absolute Gasteiger partial charge is 0.369 e. The molecule has 0 fully saturated rings. The summed E-state index contributed by atoms with van der Waals surface area (Å²) >= 11 is 11.9. The van der Waals surface area contributed by atoms with Crippen molar-refractivity contribution >= 4 is 67.4 Å². The Kier molecular flexibility index (Phi) is 3.92. The van der Waals surface area contributed by atoms with Crippen molar-refractivity contribution in [2.45, 2.75) is 6.04 Å². The van der Waals surface area contributed by atoms with Gasteiger partial charge in [0.2, 0.25) is 0 Å². The molecule has 0 bridgehead atoms. The summed E-state index contributed by atoms with van der Waals surface area (Å²) in [6.45, 7) is 0. The Labute approximate surface area is 143 Å². The summed E-state index contributed by atoms with van der Waals surface area (Å²) in [7, 11) is 0. The second-order valence-electron chi connectivity index (χ2n) is 4.39. The first-order valence-electron chi connectivity index (χ1n) is 5.87. The van der Waals surface area contributed by atoms with Crippen LogP contribution in [-0.2, 0) is 4.79 Å². The number of fused-ring (bicyclic) bond motifs is 1. The SMILES string of the molecule is O=C1Nc2cccc(Br)c2C1Nc1ccc(I)cc1Cl. The monoisotopic (exact) mass is 462 g/mol. The minimum Gasteiger partial charge on any atom is -0.369 e. The Balaban J connectivity index is 1.98. The number of carbonyl (C=O) groups excluding carboxylic acids is 1. The van der Waals surface area contributed by atoms with Gasteiger partial charge >= 0.3 is 0 Å². The summed E-state index contributed by atoms with van der Waals surface area (Å²) in [6.07, 6.45) is 0. The Hall–Kier alpha value is -0.790. The van der Waals surface area contributed by atoms with Gasteiger partial charge in [-0.1, -0.05) is 33.6 Å². The van der Waals surface area contributed by atoms with Crippen molar-refractivity contribution < 1.29 is 4.79 Å². The van der Waals surface area contributed by atoms with Gasteiger partial charge in [0, 0.05) is 19.3 Å². The third-order valence-corrected chi connectivity index (χ3v) is 4.77. The molecule has 1 amide bonds. The summed E-state index contributed by atoms with van der Waals surface area (Å²) in [6, 6.07) is 10.9. The molecule has 1 aliphatic rings. The molecule has 0 saturated heterocycles. The molecule has 6 heteroatoms. The summed E-state index contributed by atoms with van der Waals surface area (Å²) in [5, 5.41) is 6.67. The van der Waals surface area contributed by atoms with Gasteiger partial charge in [0.15, 0.2) is 0 Å². The van der Waals surface area contributed by atoms with Gasteiger partial charge in [-0.05, 0) is 52.9 Å². The number of hydrogen-bond acceptors (Lipinski definition) is 2. The van der Waals surface area contributed by atoms with Crippen molar-refractivity contribution in [2.75, 3.05) is 10.6 Å². The van der Waals surface area contributed by atoms with E-state index in [9.17, 15) is 4.79 Å². The van der Waals surface area contributed by atoms with Crippen LogP contribution in [0.25, 0.3) is 0 Å². The third kappa shape index (κ3) is 2.54. The molecule has 0 saturated carbocycles. The number of benzene rings is 2. The molecule has 1 heterocycles. The molecule has 2 aromatic carbocycles. The van der Waals surface area contributed by atoms with Gasteiger partial charge in [0.25, 0.3) is 5.91 Å². The summed E-state index contributed by atoms with van der Waals surface area (Å²) in [5.74, 6) is -0.0819. The van der Waals surface area contributed by atoms with E-state index >= 15 is 0 Å². The van der Waals surface area contributed by atoms with Crippen molar-refractivity contribution in [3.05, 3.63) is 55.0 Å². The van der Waals surface area contributed by atoms with Gasteiger partial charge in [-0.25, -0.2) is 0 Å².